The number of aromatic nitrogens is 1. The summed E-state index contributed by atoms with van der Waals surface area (Å²) in [6.07, 6.45) is 11.7. The molecule has 3 rings (SSSR count). The molecule has 3 aromatic rings. The van der Waals surface area contributed by atoms with Crippen LogP contribution in [-0.4, -0.2) is 17.6 Å². The van der Waals surface area contributed by atoms with Gasteiger partial charge in [-0.1, -0.05) is 63.8 Å². The highest BCUT2D eigenvalue weighted by molar-refractivity contribution is 5.91. The van der Waals surface area contributed by atoms with Gasteiger partial charge in [-0.2, -0.15) is 0 Å². The van der Waals surface area contributed by atoms with Gasteiger partial charge in [-0.25, -0.2) is 4.79 Å². The first kappa shape index (κ1) is 25.5. The zero-order chi connectivity index (χ0) is 24.0. The van der Waals surface area contributed by atoms with Crippen molar-refractivity contribution in [2.75, 3.05) is 6.61 Å². The molecule has 0 aliphatic rings. The lowest BCUT2D eigenvalue weighted by Crippen LogP contribution is -2.08. The Morgan fingerprint density at radius 1 is 0.706 bits per heavy atom. The van der Waals surface area contributed by atoms with Crippen LogP contribution in [0.5, 0.6) is 11.5 Å². The predicted molar refractivity (Wildman–Crippen MR) is 138 cm³/mol. The maximum Gasteiger partial charge on any atom is 0.343 e. The number of esters is 1. The van der Waals surface area contributed by atoms with Crippen LogP contribution in [0.1, 0.15) is 79.6 Å². The first-order valence-electron chi connectivity index (χ1n) is 12.7. The first-order valence-corrected chi connectivity index (χ1v) is 12.7. The third-order valence-corrected chi connectivity index (χ3v) is 5.88. The molecular formula is C30H37NO3. The van der Waals surface area contributed by atoms with Crippen LogP contribution in [0, 0.1) is 0 Å². The van der Waals surface area contributed by atoms with E-state index < -0.39 is 0 Å². The third kappa shape index (κ3) is 8.66. The average molecular weight is 460 g/mol. The number of aryl methyl sites for hydroxylation is 3. The zero-order valence-electron chi connectivity index (χ0n) is 20.6. The molecule has 0 saturated carbocycles. The van der Waals surface area contributed by atoms with Crippen molar-refractivity contribution in [3.8, 4) is 11.5 Å². The largest absolute Gasteiger partial charge is 0.492 e. The van der Waals surface area contributed by atoms with Gasteiger partial charge in [-0.15, -0.1) is 0 Å². The smallest absolute Gasteiger partial charge is 0.343 e. The number of hydrogen-bond donors (Lipinski definition) is 0. The molecule has 0 fully saturated rings. The van der Waals surface area contributed by atoms with Gasteiger partial charge in [-0.3, -0.25) is 4.98 Å². The van der Waals surface area contributed by atoms with Crippen LogP contribution in [0.3, 0.4) is 0 Å². The van der Waals surface area contributed by atoms with Crippen molar-refractivity contribution in [1.82, 2.24) is 4.98 Å². The maximum absolute atomic E-state index is 12.5. The van der Waals surface area contributed by atoms with E-state index in [4.69, 9.17) is 9.47 Å². The minimum Gasteiger partial charge on any atom is -0.492 e. The summed E-state index contributed by atoms with van der Waals surface area (Å²) in [5.74, 6) is 1.06. The topological polar surface area (TPSA) is 48.4 Å². The summed E-state index contributed by atoms with van der Waals surface area (Å²) in [4.78, 5) is 17.0. The van der Waals surface area contributed by atoms with Crippen LogP contribution in [0.4, 0.5) is 0 Å². The molecule has 34 heavy (non-hydrogen) atoms. The second-order valence-corrected chi connectivity index (χ2v) is 8.73. The molecule has 0 atom stereocenters. The second kappa shape index (κ2) is 14.2. The molecule has 1 aromatic heterocycles. The van der Waals surface area contributed by atoms with Gasteiger partial charge in [0.25, 0.3) is 0 Å². The minimum atomic E-state index is -0.325. The molecule has 0 unspecified atom stereocenters. The van der Waals surface area contributed by atoms with Crippen molar-refractivity contribution in [1.29, 1.82) is 0 Å². The van der Waals surface area contributed by atoms with Gasteiger partial charge < -0.3 is 9.47 Å². The molecule has 0 aliphatic carbocycles. The lowest BCUT2D eigenvalue weighted by atomic mass is 10.1. The number of carbonyl (C=O) groups is 1. The van der Waals surface area contributed by atoms with Gasteiger partial charge in [0.2, 0.25) is 0 Å². The van der Waals surface area contributed by atoms with E-state index in [1.807, 2.05) is 66.9 Å². The van der Waals surface area contributed by atoms with E-state index in [1.165, 1.54) is 43.2 Å². The van der Waals surface area contributed by atoms with Crippen molar-refractivity contribution in [3.05, 3.63) is 89.2 Å². The standard InChI is InChI=1S/C30H37NO3/c1-3-5-7-9-24-10-15-26(16-11-24)30(32)34-28-19-13-25(14-20-28)12-17-27-18-21-29(23-31-27)33-22-8-6-4-2/h10-11,13-16,18-21,23H,3-9,12,17,22H2,1-2H3. The molecule has 0 bridgehead atoms. The van der Waals surface area contributed by atoms with Gasteiger partial charge >= 0.3 is 5.97 Å². The highest BCUT2D eigenvalue weighted by Gasteiger charge is 2.09. The summed E-state index contributed by atoms with van der Waals surface area (Å²) in [5, 5.41) is 0. The number of hydrogen-bond acceptors (Lipinski definition) is 4. The summed E-state index contributed by atoms with van der Waals surface area (Å²) in [5.41, 5.74) is 4.05. The van der Waals surface area contributed by atoms with Gasteiger partial charge in [-0.05, 0) is 79.6 Å². The van der Waals surface area contributed by atoms with E-state index >= 15 is 0 Å². The summed E-state index contributed by atoms with van der Waals surface area (Å²) < 4.78 is 11.3. The molecule has 2 aromatic carbocycles. The van der Waals surface area contributed by atoms with Crippen LogP contribution in [0.15, 0.2) is 66.9 Å². The number of ether oxygens (including phenoxy) is 2. The van der Waals surface area contributed by atoms with Gasteiger partial charge in [0.1, 0.15) is 11.5 Å². The monoisotopic (exact) mass is 459 g/mol. The summed E-state index contributed by atoms with van der Waals surface area (Å²) >= 11 is 0. The Morgan fingerprint density at radius 3 is 2.03 bits per heavy atom. The summed E-state index contributed by atoms with van der Waals surface area (Å²) in [6.45, 7) is 5.13. The van der Waals surface area contributed by atoms with E-state index in [-0.39, 0.29) is 5.97 Å². The SMILES string of the molecule is CCCCCOc1ccc(CCc2ccc(OC(=O)c3ccc(CCCCC)cc3)cc2)nc1. The molecule has 0 spiro atoms. The average Bonchev–Trinajstić information content (AvgIpc) is 2.87. The van der Waals surface area contributed by atoms with E-state index in [0.717, 1.165) is 43.7 Å². The lowest BCUT2D eigenvalue weighted by Gasteiger charge is -2.08. The van der Waals surface area contributed by atoms with Crippen molar-refractivity contribution in [2.45, 2.75) is 71.6 Å². The summed E-state index contributed by atoms with van der Waals surface area (Å²) in [6, 6.07) is 19.5. The van der Waals surface area contributed by atoms with Crippen LogP contribution < -0.4 is 9.47 Å². The third-order valence-electron chi connectivity index (χ3n) is 5.88. The molecule has 4 nitrogen and oxygen atoms in total. The Labute approximate surface area is 204 Å². The quantitative estimate of drug-likeness (QED) is 0.143. The number of pyridine rings is 1. The number of carbonyl (C=O) groups excluding carboxylic acids is 1. The summed E-state index contributed by atoms with van der Waals surface area (Å²) in [7, 11) is 0. The number of unbranched alkanes of at least 4 members (excludes halogenated alkanes) is 4. The van der Waals surface area contributed by atoms with Crippen molar-refractivity contribution >= 4 is 5.97 Å². The number of rotatable bonds is 14. The Balaban J connectivity index is 1.43. The molecule has 0 amide bonds. The van der Waals surface area contributed by atoms with Crippen LogP contribution >= 0.6 is 0 Å². The molecule has 1 heterocycles. The fraction of sp³-hybridized carbons (Fsp3) is 0.400. The van der Waals surface area contributed by atoms with Gasteiger partial charge in [0.15, 0.2) is 0 Å². The fourth-order valence-corrected chi connectivity index (χ4v) is 3.74. The normalized spacial score (nSPS) is 10.8. The molecular weight excluding hydrogens is 422 g/mol. The van der Waals surface area contributed by atoms with Gasteiger partial charge in [0.05, 0.1) is 18.4 Å². The highest BCUT2D eigenvalue weighted by atomic mass is 16.5. The second-order valence-electron chi connectivity index (χ2n) is 8.73. The first-order chi connectivity index (χ1) is 16.7. The molecule has 0 saturated heterocycles. The van der Waals surface area contributed by atoms with Crippen molar-refractivity contribution in [2.24, 2.45) is 0 Å². The molecule has 180 valence electrons. The Kier molecular flexibility index (Phi) is 10.6. The molecule has 4 heteroatoms. The van der Waals surface area contributed by atoms with Crippen molar-refractivity contribution < 1.29 is 14.3 Å². The Hall–Kier alpha value is -3.14. The Morgan fingerprint density at radius 2 is 1.35 bits per heavy atom. The highest BCUT2D eigenvalue weighted by Crippen LogP contribution is 2.17. The van der Waals surface area contributed by atoms with Crippen LogP contribution in [0.25, 0.3) is 0 Å². The van der Waals surface area contributed by atoms with Crippen LogP contribution in [-0.2, 0) is 19.3 Å². The van der Waals surface area contributed by atoms with Crippen LogP contribution in [0.2, 0.25) is 0 Å². The molecule has 0 aliphatic heterocycles. The fourth-order valence-electron chi connectivity index (χ4n) is 3.74. The van der Waals surface area contributed by atoms with E-state index in [0.29, 0.717) is 11.3 Å². The number of benzene rings is 2. The van der Waals surface area contributed by atoms with Gasteiger partial charge in [0, 0.05) is 5.69 Å². The van der Waals surface area contributed by atoms with E-state index in [9.17, 15) is 4.79 Å². The van der Waals surface area contributed by atoms with E-state index in [1.54, 1.807) is 0 Å². The number of nitrogens with zero attached hydrogens (tertiary/aromatic N) is 1. The Bertz CT molecular complexity index is 979. The van der Waals surface area contributed by atoms with E-state index in [2.05, 4.69) is 18.8 Å². The van der Waals surface area contributed by atoms with Crippen molar-refractivity contribution in [3.63, 3.8) is 0 Å². The maximum atomic E-state index is 12.5. The lowest BCUT2D eigenvalue weighted by molar-refractivity contribution is 0.0734. The molecule has 0 radical (unpaired) electrons. The predicted octanol–water partition coefficient (Wildman–Crippen LogP) is 7.39. The zero-order valence-corrected chi connectivity index (χ0v) is 20.6. The molecule has 0 N–H and O–H groups in total. The minimum absolute atomic E-state index is 0.325.